The number of carbonyl (C=O) groups excluding carboxylic acids is 2. The van der Waals surface area contributed by atoms with Crippen molar-refractivity contribution in [2.24, 2.45) is 0 Å². The van der Waals surface area contributed by atoms with Crippen LogP contribution in [0.15, 0.2) is 22.7 Å². The second kappa shape index (κ2) is 7.72. The molecule has 1 aromatic rings. The van der Waals surface area contributed by atoms with Crippen LogP contribution < -0.4 is 0 Å². The van der Waals surface area contributed by atoms with Gasteiger partial charge in [0.05, 0.1) is 6.42 Å². The van der Waals surface area contributed by atoms with Gasteiger partial charge in [0.1, 0.15) is 11.4 Å². The number of hydrogen-bond donors (Lipinski definition) is 0. The van der Waals surface area contributed by atoms with E-state index in [2.05, 4.69) is 15.9 Å². The van der Waals surface area contributed by atoms with Gasteiger partial charge in [0.15, 0.2) is 0 Å². The van der Waals surface area contributed by atoms with Gasteiger partial charge in [0, 0.05) is 30.1 Å². The molecule has 0 spiro atoms. The molecule has 5 nitrogen and oxygen atoms in total. The minimum Gasteiger partial charge on any atom is -0.444 e. The molecule has 2 amide bonds. The van der Waals surface area contributed by atoms with Gasteiger partial charge >= 0.3 is 6.09 Å². The molecule has 1 heterocycles. The molecule has 1 aromatic carbocycles. The third kappa shape index (κ3) is 5.42. The van der Waals surface area contributed by atoms with Crippen LogP contribution in [-0.2, 0) is 16.0 Å². The van der Waals surface area contributed by atoms with Gasteiger partial charge < -0.3 is 14.5 Å². The number of ether oxygens (including phenoxy) is 1. The SMILES string of the molecule is C[C@@H]1CN(C(=O)Cc2cc(F)ccc2Br)CCN1C(=O)OC(C)(C)C. The first-order chi connectivity index (χ1) is 11.6. The fraction of sp³-hybridized carbons (Fsp3) is 0.556. The molecule has 0 N–H and O–H groups in total. The molecule has 1 saturated heterocycles. The number of carbonyl (C=O) groups is 2. The monoisotopic (exact) mass is 414 g/mol. The van der Waals surface area contributed by atoms with Crippen LogP contribution in [0.25, 0.3) is 0 Å². The second-order valence-electron chi connectivity index (χ2n) is 7.28. The maximum absolute atomic E-state index is 13.4. The zero-order valence-electron chi connectivity index (χ0n) is 15.0. The molecule has 25 heavy (non-hydrogen) atoms. The number of nitrogens with zero attached hydrogens (tertiary/aromatic N) is 2. The smallest absolute Gasteiger partial charge is 0.410 e. The summed E-state index contributed by atoms with van der Waals surface area (Å²) in [6, 6.07) is 4.17. The molecule has 138 valence electrons. The van der Waals surface area contributed by atoms with E-state index in [1.165, 1.54) is 12.1 Å². The highest BCUT2D eigenvalue weighted by Gasteiger charge is 2.32. The molecule has 0 aliphatic carbocycles. The Bertz CT molecular complexity index is 660. The summed E-state index contributed by atoms with van der Waals surface area (Å²) in [7, 11) is 0. The molecular weight excluding hydrogens is 391 g/mol. The summed E-state index contributed by atoms with van der Waals surface area (Å²) >= 11 is 3.34. The van der Waals surface area contributed by atoms with Crippen LogP contribution in [-0.4, -0.2) is 53.1 Å². The molecular formula is C18H24BrFN2O3. The van der Waals surface area contributed by atoms with E-state index >= 15 is 0 Å². The normalized spacial score (nSPS) is 18.2. The van der Waals surface area contributed by atoms with Gasteiger partial charge in [0.2, 0.25) is 5.91 Å². The van der Waals surface area contributed by atoms with Gasteiger partial charge in [0.25, 0.3) is 0 Å². The first-order valence-corrected chi connectivity index (χ1v) is 9.07. The van der Waals surface area contributed by atoms with Gasteiger partial charge in [-0.1, -0.05) is 15.9 Å². The Morgan fingerprint density at radius 3 is 2.60 bits per heavy atom. The molecule has 0 saturated carbocycles. The van der Waals surface area contributed by atoms with E-state index in [9.17, 15) is 14.0 Å². The van der Waals surface area contributed by atoms with Gasteiger partial charge in [-0.15, -0.1) is 0 Å². The first kappa shape index (κ1) is 19.7. The van der Waals surface area contributed by atoms with Crippen molar-refractivity contribution < 1.29 is 18.7 Å². The van der Waals surface area contributed by atoms with Crippen molar-refractivity contribution in [1.82, 2.24) is 9.80 Å². The van der Waals surface area contributed by atoms with Gasteiger partial charge in [-0.25, -0.2) is 9.18 Å². The fourth-order valence-electron chi connectivity index (χ4n) is 2.73. The molecule has 1 atom stereocenters. The number of halogens is 2. The molecule has 1 fully saturated rings. The lowest BCUT2D eigenvalue weighted by atomic mass is 10.1. The van der Waals surface area contributed by atoms with E-state index in [1.807, 2.05) is 27.7 Å². The summed E-state index contributed by atoms with van der Waals surface area (Å²) in [5, 5.41) is 0. The summed E-state index contributed by atoms with van der Waals surface area (Å²) in [5.41, 5.74) is 0.0696. The standard InChI is InChI=1S/C18H24BrFN2O3/c1-12-11-21(7-8-22(12)17(24)25-18(2,3)4)16(23)10-13-9-14(20)5-6-15(13)19/h5-6,9,12H,7-8,10-11H2,1-4H3/t12-/m1/s1. The molecule has 0 bridgehead atoms. The Balaban J connectivity index is 1.97. The van der Waals surface area contributed by atoms with E-state index < -0.39 is 5.60 Å². The minimum atomic E-state index is -0.548. The highest BCUT2D eigenvalue weighted by molar-refractivity contribution is 9.10. The van der Waals surface area contributed by atoms with Crippen LogP contribution in [0.4, 0.5) is 9.18 Å². The van der Waals surface area contributed by atoms with Crippen LogP contribution in [0, 0.1) is 5.82 Å². The van der Waals surface area contributed by atoms with E-state index in [0.29, 0.717) is 29.7 Å². The number of benzene rings is 1. The molecule has 1 aliphatic rings. The number of rotatable bonds is 2. The lowest BCUT2D eigenvalue weighted by Crippen LogP contribution is -2.56. The van der Waals surface area contributed by atoms with Crippen molar-refractivity contribution in [3.05, 3.63) is 34.1 Å². The van der Waals surface area contributed by atoms with Crippen molar-refractivity contribution in [2.45, 2.75) is 45.8 Å². The average Bonchev–Trinajstić information content (AvgIpc) is 2.48. The van der Waals surface area contributed by atoms with Crippen LogP contribution in [0.1, 0.15) is 33.3 Å². The van der Waals surface area contributed by atoms with E-state index in [-0.39, 0.29) is 30.3 Å². The summed E-state index contributed by atoms with van der Waals surface area (Å²) in [5.74, 6) is -0.448. The largest absolute Gasteiger partial charge is 0.444 e. The van der Waals surface area contributed by atoms with Gasteiger partial charge in [-0.2, -0.15) is 0 Å². The van der Waals surface area contributed by atoms with E-state index in [1.54, 1.807) is 15.9 Å². The van der Waals surface area contributed by atoms with Gasteiger partial charge in [-0.05, 0) is 51.5 Å². The number of piperazine rings is 1. The maximum atomic E-state index is 13.4. The highest BCUT2D eigenvalue weighted by Crippen LogP contribution is 2.21. The number of hydrogen-bond acceptors (Lipinski definition) is 3. The molecule has 7 heteroatoms. The Morgan fingerprint density at radius 1 is 1.32 bits per heavy atom. The molecule has 1 aliphatic heterocycles. The third-order valence-electron chi connectivity index (χ3n) is 3.96. The summed E-state index contributed by atoms with van der Waals surface area (Å²) in [6.07, 6.45) is -0.239. The zero-order valence-corrected chi connectivity index (χ0v) is 16.6. The Morgan fingerprint density at radius 2 is 2.00 bits per heavy atom. The van der Waals surface area contributed by atoms with Crippen molar-refractivity contribution in [1.29, 1.82) is 0 Å². The molecule has 0 radical (unpaired) electrons. The van der Waals surface area contributed by atoms with E-state index in [0.717, 1.165) is 0 Å². The summed E-state index contributed by atoms with van der Waals surface area (Å²) in [4.78, 5) is 28.1. The lowest BCUT2D eigenvalue weighted by molar-refractivity contribution is -0.133. The third-order valence-corrected chi connectivity index (χ3v) is 4.73. The second-order valence-corrected chi connectivity index (χ2v) is 8.13. The van der Waals surface area contributed by atoms with E-state index in [4.69, 9.17) is 4.74 Å². The zero-order chi connectivity index (χ0) is 18.8. The molecule has 2 rings (SSSR count). The number of amides is 2. The van der Waals surface area contributed by atoms with Crippen molar-refractivity contribution in [3.8, 4) is 0 Å². The van der Waals surface area contributed by atoms with Gasteiger partial charge in [-0.3, -0.25) is 4.79 Å². The average molecular weight is 415 g/mol. The Kier molecular flexibility index (Phi) is 6.08. The molecule has 0 aromatic heterocycles. The first-order valence-electron chi connectivity index (χ1n) is 8.28. The highest BCUT2D eigenvalue weighted by atomic mass is 79.9. The van der Waals surface area contributed by atoms with Crippen molar-refractivity contribution >= 4 is 27.9 Å². The van der Waals surface area contributed by atoms with Crippen LogP contribution in [0.3, 0.4) is 0 Å². The fourth-order valence-corrected chi connectivity index (χ4v) is 3.12. The minimum absolute atomic E-state index is 0.0815. The topological polar surface area (TPSA) is 49.9 Å². The maximum Gasteiger partial charge on any atom is 0.410 e. The quantitative estimate of drug-likeness (QED) is 0.742. The van der Waals surface area contributed by atoms with Crippen LogP contribution in [0.5, 0.6) is 0 Å². The molecule has 0 unspecified atom stereocenters. The van der Waals surface area contributed by atoms with Crippen molar-refractivity contribution in [3.63, 3.8) is 0 Å². The van der Waals surface area contributed by atoms with Crippen molar-refractivity contribution in [2.75, 3.05) is 19.6 Å². The van der Waals surface area contributed by atoms with Crippen LogP contribution >= 0.6 is 15.9 Å². The predicted molar refractivity (Wildman–Crippen MR) is 96.8 cm³/mol. The predicted octanol–water partition coefficient (Wildman–Crippen LogP) is 3.60. The summed E-state index contributed by atoms with van der Waals surface area (Å²) in [6.45, 7) is 8.67. The Labute approximate surface area is 156 Å². The Hall–Kier alpha value is -1.63. The summed E-state index contributed by atoms with van der Waals surface area (Å²) < 4.78 is 19.5. The lowest BCUT2D eigenvalue weighted by Gasteiger charge is -2.40. The van der Waals surface area contributed by atoms with Crippen LogP contribution in [0.2, 0.25) is 0 Å².